The molecule has 0 radical (unpaired) electrons. The van der Waals surface area contributed by atoms with Gasteiger partial charge in [-0.2, -0.15) is 0 Å². The van der Waals surface area contributed by atoms with Gasteiger partial charge in [0.05, 0.1) is 10.6 Å². The number of nitrogens with zero attached hydrogens (tertiary/aromatic N) is 2. The van der Waals surface area contributed by atoms with Crippen molar-refractivity contribution in [3.63, 3.8) is 0 Å². The topological polar surface area (TPSA) is 83.1 Å². The van der Waals surface area contributed by atoms with E-state index in [1.807, 2.05) is 36.1 Å². The van der Waals surface area contributed by atoms with Crippen molar-refractivity contribution in [3.8, 4) is 11.4 Å². The number of nitrogens with one attached hydrogen (secondary N) is 1. The van der Waals surface area contributed by atoms with E-state index in [9.17, 15) is 13.2 Å². The van der Waals surface area contributed by atoms with E-state index in [1.165, 1.54) is 11.8 Å². The number of aromatic nitrogens is 2. The first-order chi connectivity index (χ1) is 14.4. The lowest BCUT2D eigenvalue weighted by molar-refractivity contribution is -0.127. The Morgan fingerprint density at radius 2 is 1.73 bits per heavy atom. The number of likely N-dealkylation sites (tertiary alicyclic amines) is 1. The zero-order chi connectivity index (χ0) is 21.1. The quantitative estimate of drug-likeness (QED) is 0.586. The SMILES string of the molecule is Cc1ccc(-c2nc(SCC(=O)N3CCCC3)c(S(=O)(=O)c3ccccc3)[nH]2)cc1. The summed E-state index contributed by atoms with van der Waals surface area (Å²) in [5.41, 5.74) is 1.90. The summed E-state index contributed by atoms with van der Waals surface area (Å²) in [4.78, 5) is 22.1. The van der Waals surface area contributed by atoms with E-state index in [-0.39, 0.29) is 21.6 Å². The molecule has 4 rings (SSSR count). The Hall–Kier alpha value is -2.58. The van der Waals surface area contributed by atoms with Gasteiger partial charge in [-0.1, -0.05) is 59.8 Å². The Kier molecular flexibility index (Phi) is 5.97. The lowest BCUT2D eigenvalue weighted by Crippen LogP contribution is -2.29. The standard InChI is InChI=1S/C22H23N3O3S2/c1-16-9-11-17(12-10-16)20-23-21(29-15-19(26)25-13-5-6-14-25)22(24-20)30(27,28)18-7-3-2-4-8-18/h2-4,7-12H,5-6,13-15H2,1H3,(H,23,24). The van der Waals surface area contributed by atoms with Crippen molar-refractivity contribution < 1.29 is 13.2 Å². The maximum Gasteiger partial charge on any atom is 0.232 e. The normalized spacial score (nSPS) is 14.2. The zero-order valence-electron chi connectivity index (χ0n) is 16.7. The molecule has 3 aromatic rings. The van der Waals surface area contributed by atoms with Crippen LogP contribution in [0.3, 0.4) is 0 Å². The largest absolute Gasteiger partial charge is 0.342 e. The van der Waals surface area contributed by atoms with Gasteiger partial charge in [-0.25, -0.2) is 13.4 Å². The van der Waals surface area contributed by atoms with Crippen LogP contribution < -0.4 is 0 Å². The van der Waals surface area contributed by atoms with Gasteiger partial charge in [-0.15, -0.1) is 0 Å². The number of hydrogen-bond donors (Lipinski definition) is 1. The lowest BCUT2D eigenvalue weighted by atomic mass is 10.1. The number of H-pyrrole nitrogens is 1. The molecule has 6 nitrogen and oxygen atoms in total. The Labute approximate surface area is 180 Å². The lowest BCUT2D eigenvalue weighted by Gasteiger charge is -2.14. The minimum absolute atomic E-state index is 0.0143. The van der Waals surface area contributed by atoms with Gasteiger partial charge in [0.25, 0.3) is 0 Å². The van der Waals surface area contributed by atoms with E-state index in [4.69, 9.17) is 0 Å². The fourth-order valence-electron chi connectivity index (χ4n) is 3.37. The van der Waals surface area contributed by atoms with Crippen LogP contribution in [0.5, 0.6) is 0 Å². The predicted octanol–water partition coefficient (Wildman–Crippen LogP) is 3.93. The van der Waals surface area contributed by atoms with Crippen LogP contribution in [0.1, 0.15) is 18.4 Å². The molecule has 0 unspecified atom stereocenters. The number of aryl methyl sites for hydroxylation is 1. The molecule has 1 aromatic heterocycles. The summed E-state index contributed by atoms with van der Waals surface area (Å²) < 4.78 is 26.5. The van der Waals surface area contributed by atoms with Crippen molar-refractivity contribution in [1.82, 2.24) is 14.9 Å². The van der Waals surface area contributed by atoms with Gasteiger partial charge in [0.15, 0.2) is 5.03 Å². The molecule has 1 amide bonds. The van der Waals surface area contributed by atoms with Gasteiger partial charge < -0.3 is 9.88 Å². The molecule has 0 aliphatic carbocycles. The maximum absolute atomic E-state index is 13.3. The number of rotatable bonds is 6. The number of aromatic amines is 1. The maximum atomic E-state index is 13.3. The molecule has 0 saturated carbocycles. The molecule has 30 heavy (non-hydrogen) atoms. The monoisotopic (exact) mass is 441 g/mol. The second kappa shape index (κ2) is 8.65. The Morgan fingerprint density at radius 1 is 1.07 bits per heavy atom. The van der Waals surface area contributed by atoms with Crippen molar-refractivity contribution in [3.05, 3.63) is 60.2 Å². The molecule has 1 saturated heterocycles. The minimum Gasteiger partial charge on any atom is -0.342 e. The second-order valence-corrected chi connectivity index (χ2v) is 10.1. The van der Waals surface area contributed by atoms with Crippen LogP contribution in [-0.2, 0) is 14.6 Å². The first kappa shape index (κ1) is 20.7. The van der Waals surface area contributed by atoms with E-state index >= 15 is 0 Å². The molecule has 1 fully saturated rings. The van der Waals surface area contributed by atoms with Gasteiger partial charge >= 0.3 is 0 Å². The van der Waals surface area contributed by atoms with E-state index < -0.39 is 9.84 Å². The Bertz CT molecular complexity index is 1130. The molecule has 2 aromatic carbocycles. The number of thioether (sulfide) groups is 1. The highest BCUT2D eigenvalue weighted by atomic mass is 32.2. The molecule has 1 N–H and O–H groups in total. The molecule has 156 valence electrons. The first-order valence-electron chi connectivity index (χ1n) is 9.83. The third kappa shape index (κ3) is 4.29. The molecule has 0 atom stereocenters. The first-order valence-corrected chi connectivity index (χ1v) is 12.3. The number of carbonyl (C=O) groups excluding carboxylic acids is 1. The smallest absolute Gasteiger partial charge is 0.232 e. The highest BCUT2D eigenvalue weighted by molar-refractivity contribution is 8.00. The van der Waals surface area contributed by atoms with Gasteiger partial charge in [-0.05, 0) is 31.9 Å². The third-order valence-corrected chi connectivity index (χ3v) is 7.89. The molecular formula is C22H23N3O3S2. The van der Waals surface area contributed by atoms with Gasteiger partial charge in [-0.3, -0.25) is 4.79 Å². The summed E-state index contributed by atoms with van der Waals surface area (Å²) in [6, 6.07) is 16.0. The van der Waals surface area contributed by atoms with Crippen LogP contribution in [0.15, 0.2) is 69.5 Å². The van der Waals surface area contributed by atoms with E-state index in [0.717, 1.165) is 37.1 Å². The Balaban J connectivity index is 1.69. The van der Waals surface area contributed by atoms with Crippen molar-refractivity contribution in [2.75, 3.05) is 18.8 Å². The molecule has 0 bridgehead atoms. The number of benzene rings is 2. The molecule has 0 spiro atoms. The third-order valence-electron chi connectivity index (χ3n) is 5.08. The highest BCUT2D eigenvalue weighted by Crippen LogP contribution is 2.32. The predicted molar refractivity (Wildman–Crippen MR) is 117 cm³/mol. The summed E-state index contributed by atoms with van der Waals surface area (Å²) in [6.45, 7) is 3.52. The average molecular weight is 442 g/mol. The van der Waals surface area contributed by atoms with Crippen LogP contribution in [0.2, 0.25) is 0 Å². The summed E-state index contributed by atoms with van der Waals surface area (Å²) in [7, 11) is -3.80. The molecular weight excluding hydrogens is 418 g/mol. The average Bonchev–Trinajstić information content (AvgIpc) is 3.44. The van der Waals surface area contributed by atoms with Gasteiger partial charge in [0, 0.05) is 18.7 Å². The van der Waals surface area contributed by atoms with Crippen LogP contribution in [0.4, 0.5) is 0 Å². The Morgan fingerprint density at radius 3 is 2.40 bits per heavy atom. The van der Waals surface area contributed by atoms with E-state index in [0.29, 0.717) is 10.9 Å². The van der Waals surface area contributed by atoms with Gasteiger partial charge in [0.1, 0.15) is 10.9 Å². The molecule has 8 heteroatoms. The summed E-state index contributed by atoms with van der Waals surface area (Å²) >= 11 is 1.17. The summed E-state index contributed by atoms with van der Waals surface area (Å²) in [6.07, 6.45) is 2.04. The summed E-state index contributed by atoms with van der Waals surface area (Å²) in [5, 5.41) is 0.352. The number of hydrogen-bond acceptors (Lipinski definition) is 5. The van der Waals surface area contributed by atoms with Crippen molar-refractivity contribution in [2.24, 2.45) is 0 Å². The fraction of sp³-hybridized carbons (Fsp3) is 0.273. The zero-order valence-corrected chi connectivity index (χ0v) is 18.3. The second-order valence-electron chi connectivity index (χ2n) is 7.28. The van der Waals surface area contributed by atoms with Crippen LogP contribution in [-0.4, -0.2) is 48.0 Å². The summed E-state index contributed by atoms with van der Waals surface area (Å²) in [5.74, 6) is 0.649. The molecule has 1 aliphatic heterocycles. The minimum atomic E-state index is -3.80. The molecule has 2 heterocycles. The van der Waals surface area contributed by atoms with Crippen molar-refractivity contribution >= 4 is 27.5 Å². The fourth-order valence-corrected chi connectivity index (χ4v) is 5.92. The van der Waals surface area contributed by atoms with Gasteiger partial charge in [0.2, 0.25) is 15.7 Å². The van der Waals surface area contributed by atoms with Crippen LogP contribution in [0.25, 0.3) is 11.4 Å². The number of imidazole rings is 1. The number of amides is 1. The van der Waals surface area contributed by atoms with Crippen LogP contribution >= 0.6 is 11.8 Å². The van der Waals surface area contributed by atoms with Crippen LogP contribution in [0, 0.1) is 6.92 Å². The molecule has 1 aliphatic rings. The number of carbonyl (C=O) groups is 1. The van der Waals surface area contributed by atoms with Crippen molar-refractivity contribution in [2.45, 2.75) is 34.7 Å². The van der Waals surface area contributed by atoms with E-state index in [2.05, 4.69) is 9.97 Å². The van der Waals surface area contributed by atoms with Crippen molar-refractivity contribution in [1.29, 1.82) is 0 Å². The van der Waals surface area contributed by atoms with E-state index in [1.54, 1.807) is 30.3 Å². The number of sulfone groups is 1. The highest BCUT2D eigenvalue weighted by Gasteiger charge is 2.27.